The summed E-state index contributed by atoms with van der Waals surface area (Å²) in [5.74, 6) is 0. The third kappa shape index (κ3) is 4.92. The minimum absolute atomic E-state index is 0.510. The zero-order valence-electron chi connectivity index (χ0n) is 12.2. The standard InChI is InChI=1S/C16H26N2/c1-6-18(12-15(5)11-17-13(2)3)16-9-7-14(4)8-10-16/h7-10,13,17H,5-6,11-12H2,1-4H3. The van der Waals surface area contributed by atoms with Crippen molar-refractivity contribution in [2.24, 2.45) is 0 Å². The van der Waals surface area contributed by atoms with Crippen molar-refractivity contribution in [3.05, 3.63) is 42.0 Å². The molecule has 1 aromatic carbocycles. The number of nitrogens with one attached hydrogen (secondary N) is 1. The molecule has 0 radical (unpaired) electrons. The molecule has 0 saturated heterocycles. The highest BCUT2D eigenvalue weighted by Gasteiger charge is 2.06. The van der Waals surface area contributed by atoms with Gasteiger partial charge in [-0.3, -0.25) is 0 Å². The second-order valence-electron chi connectivity index (χ2n) is 5.14. The number of nitrogens with zero attached hydrogens (tertiary/aromatic N) is 1. The fraction of sp³-hybridized carbons (Fsp3) is 0.500. The van der Waals surface area contributed by atoms with E-state index in [1.54, 1.807) is 0 Å². The average molecular weight is 246 g/mol. The second kappa shape index (κ2) is 7.22. The van der Waals surface area contributed by atoms with E-state index in [2.05, 4.69) is 68.8 Å². The van der Waals surface area contributed by atoms with Crippen LogP contribution in [-0.4, -0.2) is 25.7 Å². The maximum absolute atomic E-state index is 4.15. The van der Waals surface area contributed by atoms with Gasteiger partial charge in [0, 0.05) is 31.4 Å². The maximum atomic E-state index is 4.15. The van der Waals surface area contributed by atoms with E-state index >= 15 is 0 Å². The molecule has 1 N–H and O–H groups in total. The number of hydrogen-bond donors (Lipinski definition) is 1. The summed E-state index contributed by atoms with van der Waals surface area (Å²) in [7, 11) is 0. The summed E-state index contributed by atoms with van der Waals surface area (Å²) in [6, 6.07) is 9.20. The second-order valence-corrected chi connectivity index (χ2v) is 5.14. The van der Waals surface area contributed by atoms with E-state index < -0.39 is 0 Å². The Hall–Kier alpha value is -1.28. The molecule has 18 heavy (non-hydrogen) atoms. The topological polar surface area (TPSA) is 15.3 Å². The SMILES string of the molecule is C=C(CNC(C)C)CN(CC)c1ccc(C)cc1. The molecule has 1 rings (SSSR count). The lowest BCUT2D eigenvalue weighted by atomic mass is 10.2. The first-order valence-electron chi connectivity index (χ1n) is 6.74. The molecule has 0 fully saturated rings. The number of rotatable bonds is 7. The predicted octanol–water partition coefficient (Wildman–Crippen LogP) is 3.38. The van der Waals surface area contributed by atoms with Crippen molar-refractivity contribution < 1.29 is 0 Å². The fourth-order valence-electron chi connectivity index (χ4n) is 1.82. The van der Waals surface area contributed by atoms with E-state index in [1.165, 1.54) is 16.8 Å². The molecule has 100 valence electrons. The predicted molar refractivity (Wildman–Crippen MR) is 81.3 cm³/mol. The monoisotopic (exact) mass is 246 g/mol. The highest BCUT2D eigenvalue weighted by atomic mass is 15.1. The Labute approximate surface area is 112 Å². The van der Waals surface area contributed by atoms with Crippen LogP contribution in [0.4, 0.5) is 5.69 Å². The zero-order valence-corrected chi connectivity index (χ0v) is 12.2. The molecule has 0 heterocycles. The molecule has 0 spiro atoms. The van der Waals surface area contributed by atoms with Gasteiger partial charge in [-0.1, -0.05) is 38.1 Å². The first-order valence-corrected chi connectivity index (χ1v) is 6.74. The highest BCUT2D eigenvalue weighted by Crippen LogP contribution is 2.15. The van der Waals surface area contributed by atoms with Crippen LogP contribution >= 0.6 is 0 Å². The molecule has 2 heteroatoms. The lowest BCUT2D eigenvalue weighted by Gasteiger charge is -2.25. The van der Waals surface area contributed by atoms with Gasteiger partial charge in [0.2, 0.25) is 0 Å². The van der Waals surface area contributed by atoms with Gasteiger partial charge in [0.1, 0.15) is 0 Å². The summed E-state index contributed by atoms with van der Waals surface area (Å²) in [5, 5.41) is 3.41. The zero-order chi connectivity index (χ0) is 13.5. The van der Waals surface area contributed by atoms with Crippen LogP contribution in [0.5, 0.6) is 0 Å². The van der Waals surface area contributed by atoms with Crippen molar-refractivity contribution in [2.75, 3.05) is 24.5 Å². The highest BCUT2D eigenvalue weighted by molar-refractivity contribution is 5.48. The van der Waals surface area contributed by atoms with Crippen molar-refractivity contribution in [3.8, 4) is 0 Å². The van der Waals surface area contributed by atoms with Crippen molar-refractivity contribution in [2.45, 2.75) is 33.7 Å². The van der Waals surface area contributed by atoms with Gasteiger partial charge in [0.15, 0.2) is 0 Å². The van der Waals surface area contributed by atoms with E-state index in [4.69, 9.17) is 0 Å². The van der Waals surface area contributed by atoms with Crippen molar-refractivity contribution in [1.82, 2.24) is 5.32 Å². The van der Waals surface area contributed by atoms with Crippen molar-refractivity contribution >= 4 is 5.69 Å². The number of likely N-dealkylation sites (N-methyl/N-ethyl adjacent to an activating group) is 1. The molecule has 0 saturated carbocycles. The molecule has 0 aliphatic rings. The molecule has 1 aromatic rings. The van der Waals surface area contributed by atoms with Gasteiger partial charge in [-0.25, -0.2) is 0 Å². The van der Waals surface area contributed by atoms with Gasteiger partial charge in [-0.05, 0) is 31.6 Å². The van der Waals surface area contributed by atoms with Gasteiger partial charge in [0.25, 0.3) is 0 Å². The lowest BCUT2D eigenvalue weighted by molar-refractivity contribution is 0.616. The summed E-state index contributed by atoms with van der Waals surface area (Å²) < 4.78 is 0. The average Bonchev–Trinajstić information content (AvgIpc) is 2.34. The van der Waals surface area contributed by atoms with Crippen LogP contribution in [0, 0.1) is 6.92 Å². The summed E-state index contributed by atoms with van der Waals surface area (Å²) in [6.45, 7) is 15.6. The lowest BCUT2D eigenvalue weighted by Crippen LogP contribution is -2.31. The molecule has 0 aliphatic heterocycles. The molecular weight excluding hydrogens is 220 g/mol. The van der Waals surface area contributed by atoms with Gasteiger partial charge in [0.05, 0.1) is 0 Å². The van der Waals surface area contributed by atoms with Crippen LogP contribution in [0.3, 0.4) is 0 Å². The molecule has 0 aromatic heterocycles. The van der Waals surface area contributed by atoms with Crippen molar-refractivity contribution in [3.63, 3.8) is 0 Å². The number of hydrogen-bond acceptors (Lipinski definition) is 2. The molecule has 2 nitrogen and oxygen atoms in total. The van der Waals surface area contributed by atoms with Gasteiger partial charge < -0.3 is 10.2 Å². The first kappa shape index (κ1) is 14.8. The summed E-state index contributed by atoms with van der Waals surface area (Å²) in [4.78, 5) is 2.35. The minimum Gasteiger partial charge on any atom is -0.368 e. The Morgan fingerprint density at radius 2 is 1.89 bits per heavy atom. The Balaban J connectivity index is 2.56. The smallest absolute Gasteiger partial charge is 0.0398 e. The van der Waals surface area contributed by atoms with E-state index in [-0.39, 0.29) is 0 Å². The fourth-order valence-corrected chi connectivity index (χ4v) is 1.82. The van der Waals surface area contributed by atoms with E-state index in [0.717, 1.165) is 19.6 Å². The van der Waals surface area contributed by atoms with E-state index in [0.29, 0.717) is 6.04 Å². The van der Waals surface area contributed by atoms with Crippen LogP contribution in [0.15, 0.2) is 36.4 Å². The van der Waals surface area contributed by atoms with Crippen LogP contribution in [-0.2, 0) is 0 Å². The molecule has 0 unspecified atom stereocenters. The van der Waals surface area contributed by atoms with Crippen molar-refractivity contribution in [1.29, 1.82) is 0 Å². The first-order chi connectivity index (χ1) is 8.52. The van der Waals surface area contributed by atoms with E-state index in [9.17, 15) is 0 Å². The van der Waals surface area contributed by atoms with E-state index in [1.807, 2.05) is 0 Å². The Kier molecular flexibility index (Phi) is 5.93. The largest absolute Gasteiger partial charge is 0.368 e. The third-order valence-corrected chi connectivity index (χ3v) is 2.96. The van der Waals surface area contributed by atoms with Gasteiger partial charge in [-0.2, -0.15) is 0 Å². The summed E-state index contributed by atoms with van der Waals surface area (Å²) in [6.07, 6.45) is 0. The summed E-state index contributed by atoms with van der Waals surface area (Å²) >= 11 is 0. The number of aryl methyl sites for hydroxylation is 1. The third-order valence-electron chi connectivity index (χ3n) is 2.96. The Morgan fingerprint density at radius 1 is 1.28 bits per heavy atom. The van der Waals surface area contributed by atoms with Crippen LogP contribution < -0.4 is 10.2 Å². The van der Waals surface area contributed by atoms with Crippen LogP contribution in [0.1, 0.15) is 26.3 Å². The maximum Gasteiger partial charge on any atom is 0.0398 e. The molecular formula is C16H26N2. The molecule has 0 amide bonds. The number of benzene rings is 1. The Morgan fingerprint density at radius 3 is 2.39 bits per heavy atom. The Bertz CT molecular complexity index is 365. The quantitative estimate of drug-likeness (QED) is 0.742. The van der Waals surface area contributed by atoms with Crippen LogP contribution in [0.2, 0.25) is 0 Å². The summed E-state index contributed by atoms with van der Waals surface area (Å²) in [5.41, 5.74) is 3.80. The molecule has 0 atom stereocenters. The normalized spacial score (nSPS) is 10.7. The number of anilines is 1. The molecule has 0 aliphatic carbocycles. The molecule has 0 bridgehead atoms. The van der Waals surface area contributed by atoms with Gasteiger partial charge in [-0.15, -0.1) is 0 Å². The van der Waals surface area contributed by atoms with Gasteiger partial charge >= 0.3 is 0 Å². The minimum atomic E-state index is 0.510. The van der Waals surface area contributed by atoms with Crippen LogP contribution in [0.25, 0.3) is 0 Å².